The molecule has 3 rings (SSSR count). The van der Waals surface area contributed by atoms with Crippen molar-refractivity contribution in [2.75, 3.05) is 11.1 Å². The molecule has 27 heavy (non-hydrogen) atoms. The lowest BCUT2D eigenvalue weighted by molar-refractivity contribution is -0.384. The van der Waals surface area contributed by atoms with Gasteiger partial charge in [0, 0.05) is 22.2 Å². The minimum Gasteiger partial charge on any atom is -0.411 e. The summed E-state index contributed by atoms with van der Waals surface area (Å²) >= 11 is 4.49. The van der Waals surface area contributed by atoms with Crippen LogP contribution in [0.4, 0.5) is 11.4 Å². The fraction of sp³-hybridized carbons (Fsp3) is 0.118. The molecule has 1 aromatic heterocycles. The number of halogens is 1. The summed E-state index contributed by atoms with van der Waals surface area (Å²) in [7, 11) is 0. The monoisotopic (exact) mass is 448 g/mol. The molecule has 138 valence electrons. The van der Waals surface area contributed by atoms with Crippen LogP contribution in [0.2, 0.25) is 0 Å². The molecule has 0 saturated carbocycles. The zero-order chi connectivity index (χ0) is 19.4. The lowest BCUT2D eigenvalue weighted by Crippen LogP contribution is -2.14. The van der Waals surface area contributed by atoms with Gasteiger partial charge in [-0.05, 0) is 46.6 Å². The number of carbonyl (C=O) groups excluding carboxylic acids is 1. The van der Waals surface area contributed by atoms with Gasteiger partial charge < -0.3 is 9.73 Å². The summed E-state index contributed by atoms with van der Waals surface area (Å²) in [6, 6.07) is 11.5. The zero-order valence-corrected chi connectivity index (χ0v) is 16.4. The first-order valence-corrected chi connectivity index (χ1v) is 9.47. The number of rotatable bonds is 6. The first-order chi connectivity index (χ1) is 12.9. The zero-order valence-electron chi connectivity index (χ0n) is 14.0. The molecule has 0 spiro atoms. The number of non-ortho nitro benzene ring substituents is 1. The van der Waals surface area contributed by atoms with Crippen LogP contribution in [0.5, 0.6) is 0 Å². The normalized spacial score (nSPS) is 10.6. The van der Waals surface area contributed by atoms with Crippen LogP contribution in [0.15, 0.2) is 56.6 Å². The van der Waals surface area contributed by atoms with E-state index in [0.29, 0.717) is 11.3 Å². The van der Waals surface area contributed by atoms with E-state index in [2.05, 4.69) is 31.4 Å². The van der Waals surface area contributed by atoms with Crippen molar-refractivity contribution in [3.05, 3.63) is 62.6 Å². The highest BCUT2D eigenvalue weighted by atomic mass is 79.9. The van der Waals surface area contributed by atoms with Gasteiger partial charge >= 0.3 is 0 Å². The summed E-state index contributed by atoms with van der Waals surface area (Å²) in [4.78, 5) is 22.5. The van der Waals surface area contributed by atoms with Gasteiger partial charge in [-0.2, -0.15) is 0 Å². The number of anilines is 1. The van der Waals surface area contributed by atoms with Gasteiger partial charge in [-0.1, -0.05) is 23.9 Å². The molecule has 0 saturated heterocycles. The predicted molar refractivity (Wildman–Crippen MR) is 105 cm³/mol. The molecular weight excluding hydrogens is 436 g/mol. The Morgan fingerprint density at radius 1 is 1.30 bits per heavy atom. The third-order valence-electron chi connectivity index (χ3n) is 3.44. The van der Waals surface area contributed by atoms with Crippen molar-refractivity contribution in [1.29, 1.82) is 0 Å². The Labute approximate surface area is 166 Å². The van der Waals surface area contributed by atoms with Crippen molar-refractivity contribution in [1.82, 2.24) is 10.2 Å². The van der Waals surface area contributed by atoms with E-state index in [0.717, 1.165) is 21.8 Å². The van der Waals surface area contributed by atoms with E-state index in [1.807, 2.05) is 25.1 Å². The third kappa shape index (κ3) is 4.92. The lowest BCUT2D eigenvalue weighted by Gasteiger charge is -2.07. The molecule has 1 N–H and O–H groups in total. The summed E-state index contributed by atoms with van der Waals surface area (Å²) in [5, 5.41) is 21.6. The van der Waals surface area contributed by atoms with E-state index in [4.69, 9.17) is 4.42 Å². The van der Waals surface area contributed by atoms with E-state index in [1.165, 1.54) is 18.2 Å². The molecule has 0 atom stereocenters. The maximum absolute atomic E-state index is 12.1. The van der Waals surface area contributed by atoms with E-state index < -0.39 is 4.92 Å². The molecule has 8 nitrogen and oxygen atoms in total. The molecule has 0 bridgehead atoms. The van der Waals surface area contributed by atoms with Crippen molar-refractivity contribution in [3.8, 4) is 11.5 Å². The van der Waals surface area contributed by atoms with Crippen LogP contribution in [-0.4, -0.2) is 26.8 Å². The van der Waals surface area contributed by atoms with Crippen LogP contribution in [0.3, 0.4) is 0 Å². The number of benzene rings is 2. The molecule has 0 fully saturated rings. The Morgan fingerprint density at radius 2 is 2.11 bits per heavy atom. The minimum atomic E-state index is -0.497. The predicted octanol–water partition coefficient (Wildman–Crippen LogP) is 4.45. The second-order valence-corrected chi connectivity index (χ2v) is 7.28. The molecule has 0 unspecified atom stereocenters. The summed E-state index contributed by atoms with van der Waals surface area (Å²) in [6.07, 6.45) is 0. The van der Waals surface area contributed by atoms with Gasteiger partial charge in [0.1, 0.15) is 0 Å². The lowest BCUT2D eigenvalue weighted by atomic mass is 10.2. The minimum absolute atomic E-state index is 0.0667. The number of hydrogen-bond donors (Lipinski definition) is 1. The molecular formula is C17H13BrN4O4S. The van der Waals surface area contributed by atoms with Crippen LogP contribution in [0.25, 0.3) is 11.5 Å². The van der Waals surface area contributed by atoms with Gasteiger partial charge in [-0.15, -0.1) is 10.2 Å². The van der Waals surface area contributed by atoms with Gasteiger partial charge in [0.05, 0.1) is 16.4 Å². The Morgan fingerprint density at radius 3 is 2.85 bits per heavy atom. The van der Waals surface area contributed by atoms with Gasteiger partial charge in [-0.3, -0.25) is 14.9 Å². The number of nitro benzene ring substituents is 1. The largest absolute Gasteiger partial charge is 0.411 e. The van der Waals surface area contributed by atoms with Crippen LogP contribution < -0.4 is 5.32 Å². The molecule has 1 heterocycles. The van der Waals surface area contributed by atoms with Gasteiger partial charge in [0.25, 0.3) is 10.9 Å². The second kappa shape index (κ2) is 8.31. The van der Waals surface area contributed by atoms with E-state index in [-0.39, 0.29) is 28.5 Å². The fourth-order valence-corrected chi connectivity index (χ4v) is 3.33. The quantitative estimate of drug-likeness (QED) is 0.336. The number of aromatic nitrogens is 2. The van der Waals surface area contributed by atoms with Gasteiger partial charge in [0.15, 0.2) is 0 Å². The first kappa shape index (κ1) is 19.1. The van der Waals surface area contributed by atoms with E-state index in [1.54, 1.807) is 6.07 Å². The highest BCUT2D eigenvalue weighted by molar-refractivity contribution is 9.10. The molecule has 10 heteroatoms. The van der Waals surface area contributed by atoms with Crippen LogP contribution in [0.1, 0.15) is 5.56 Å². The number of nitro groups is 1. The molecule has 0 aliphatic heterocycles. The average molecular weight is 449 g/mol. The molecule has 1 amide bonds. The summed E-state index contributed by atoms with van der Waals surface area (Å²) in [6.45, 7) is 1.96. The van der Waals surface area contributed by atoms with Crippen molar-refractivity contribution in [3.63, 3.8) is 0 Å². The second-order valence-electron chi connectivity index (χ2n) is 5.50. The van der Waals surface area contributed by atoms with Crippen molar-refractivity contribution in [2.45, 2.75) is 12.1 Å². The van der Waals surface area contributed by atoms with Crippen molar-refractivity contribution >= 4 is 45.0 Å². The number of amides is 1. The van der Waals surface area contributed by atoms with Crippen LogP contribution in [0, 0.1) is 17.0 Å². The van der Waals surface area contributed by atoms with Gasteiger partial charge in [0.2, 0.25) is 11.8 Å². The molecule has 0 aliphatic rings. The van der Waals surface area contributed by atoms with E-state index in [9.17, 15) is 14.9 Å². The average Bonchev–Trinajstić information content (AvgIpc) is 3.11. The van der Waals surface area contributed by atoms with Crippen LogP contribution >= 0.6 is 27.7 Å². The highest BCUT2D eigenvalue weighted by Crippen LogP contribution is 2.27. The van der Waals surface area contributed by atoms with Gasteiger partial charge in [-0.25, -0.2) is 0 Å². The number of nitrogens with zero attached hydrogens (tertiary/aromatic N) is 3. The summed E-state index contributed by atoms with van der Waals surface area (Å²) < 4.78 is 6.27. The Bertz CT molecular complexity index is 1010. The fourth-order valence-electron chi connectivity index (χ4n) is 2.17. The smallest absolute Gasteiger partial charge is 0.277 e. The number of hydrogen-bond acceptors (Lipinski definition) is 7. The Balaban J connectivity index is 1.62. The SMILES string of the molecule is Cc1ccc(NC(=O)CSc2nnc(-c3cccc([N+](=O)[O-])c3)o2)c(Br)c1. The third-order valence-corrected chi connectivity index (χ3v) is 4.91. The molecule has 0 aliphatic carbocycles. The molecule has 2 aromatic carbocycles. The molecule has 0 radical (unpaired) electrons. The molecule has 3 aromatic rings. The van der Waals surface area contributed by atoms with Crippen LogP contribution in [-0.2, 0) is 4.79 Å². The summed E-state index contributed by atoms with van der Waals surface area (Å²) in [5.41, 5.74) is 2.13. The summed E-state index contributed by atoms with van der Waals surface area (Å²) in [5.74, 6) is 0.0132. The van der Waals surface area contributed by atoms with E-state index >= 15 is 0 Å². The Hall–Kier alpha value is -2.72. The highest BCUT2D eigenvalue weighted by Gasteiger charge is 2.14. The first-order valence-electron chi connectivity index (χ1n) is 7.69. The van der Waals surface area contributed by atoms with Crippen molar-refractivity contribution in [2.24, 2.45) is 0 Å². The number of thioether (sulfide) groups is 1. The topological polar surface area (TPSA) is 111 Å². The Kier molecular flexibility index (Phi) is 5.87. The standard InChI is InChI=1S/C17H13BrN4O4S/c1-10-5-6-14(13(18)7-10)19-15(23)9-27-17-21-20-16(26-17)11-3-2-4-12(8-11)22(24)25/h2-8H,9H2,1H3,(H,19,23). The number of carbonyl (C=O) groups is 1. The number of aryl methyl sites for hydroxylation is 1. The maximum Gasteiger partial charge on any atom is 0.277 e. The number of nitrogens with one attached hydrogen (secondary N) is 1. The maximum atomic E-state index is 12.1. The van der Waals surface area contributed by atoms with Crippen molar-refractivity contribution < 1.29 is 14.1 Å².